The van der Waals surface area contributed by atoms with Gasteiger partial charge in [-0.05, 0) is 13.8 Å². The highest BCUT2D eigenvalue weighted by Gasteiger charge is 2.15. The summed E-state index contributed by atoms with van der Waals surface area (Å²) < 4.78 is 6.00. The summed E-state index contributed by atoms with van der Waals surface area (Å²) in [6, 6.07) is 0. The van der Waals surface area contributed by atoms with Gasteiger partial charge in [-0.1, -0.05) is 11.6 Å². The summed E-state index contributed by atoms with van der Waals surface area (Å²) in [5.74, 6) is 0. The maximum atomic E-state index is 5.76. The van der Waals surface area contributed by atoms with Crippen LogP contribution in [0, 0.1) is 0 Å². The molecule has 14 heavy (non-hydrogen) atoms. The monoisotopic (exact) mass is 234 g/mol. The van der Waals surface area contributed by atoms with Crippen LogP contribution in [0.2, 0.25) is 4.34 Å². The number of nitrogens with one attached hydrogen (secondary N) is 1. The predicted molar refractivity (Wildman–Crippen MR) is 59.9 cm³/mol. The first-order valence-corrected chi connectivity index (χ1v) is 5.59. The van der Waals surface area contributed by atoms with Crippen LogP contribution in [0.5, 0.6) is 0 Å². The SMILES string of the molecule is COC(C)(C)CNCc1ncc(Cl)s1. The van der Waals surface area contributed by atoms with Gasteiger partial charge in [0.15, 0.2) is 0 Å². The third-order valence-electron chi connectivity index (χ3n) is 1.90. The van der Waals surface area contributed by atoms with Gasteiger partial charge in [0.1, 0.15) is 9.34 Å². The third-order valence-corrected chi connectivity index (χ3v) is 3.02. The molecule has 80 valence electrons. The lowest BCUT2D eigenvalue weighted by Gasteiger charge is -2.22. The molecule has 0 unspecified atom stereocenters. The summed E-state index contributed by atoms with van der Waals surface area (Å²) >= 11 is 7.26. The van der Waals surface area contributed by atoms with Crippen molar-refractivity contribution in [3.63, 3.8) is 0 Å². The van der Waals surface area contributed by atoms with Gasteiger partial charge >= 0.3 is 0 Å². The molecule has 0 radical (unpaired) electrons. The Balaban J connectivity index is 2.28. The van der Waals surface area contributed by atoms with Crippen molar-refractivity contribution in [3.8, 4) is 0 Å². The van der Waals surface area contributed by atoms with Gasteiger partial charge in [0.2, 0.25) is 0 Å². The molecule has 0 aliphatic rings. The van der Waals surface area contributed by atoms with Crippen molar-refractivity contribution in [2.45, 2.75) is 26.0 Å². The van der Waals surface area contributed by atoms with Crippen LogP contribution in [0.25, 0.3) is 0 Å². The third kappa shape index (κ3) is 3.92. The van der Waals surface area contributed by atoms with E-state index in [0.29, 0.717) is 0 Å². The number of hydrogen-bond donors (Lipinski definition) is 1. The zero-order chi connectivity index (χ0) is 10.6. The molecule has 3 nitrogen and oxygen atoms in total. The molecule has 0 saturated carbocycles. The molecule has 1 aromatic heterocycles. The number of ether oxygens (including phenoxy) is 1. The van der Waals surface area contributed by atoms with E-state index in [-0.39, 0.29) is 5.60 Å². The summed E-state index contributed by atoms with van der Waals surface area (Å²) in [7, 11) is 1.71. The topological polar surface area (TPSA) is 34.1 Å². The Hall–Kier alpha value is -0.160. The van der Waals surface area contributed by atoms with Gasteiger partial charge in [-0.2, -0.15) is 0 Å². The average molecular weight is 235 g/mol. The number of rotatable bonds is 5. The molecule has 0 bridgehead atoms. The van der Waals surface area contributed by atoms with Crippen molar-refractivity contribution < 1.29 is 4.74 Å². The van der Waals surface area contributed by atoms with E-state index in [1.807, 2.05) is 13.8 Å². The van der Waals surface area contributed by atoms with Gasteiger partial charge < -0.3 is 10.1 Å². The molecule has 0 fully saturated rings. The number of methoxy groups -OCH3 is 1. The molecule has 0 aliphatic carbocycles. The van der Waals surface area contributed by atoms with E-state index in [1.54, 1.807) is 13.3 Å². The molecule has 1 aromatic rings. The largest absolute Gasteiger partial charge is 0.377 e. The number of thiazole rings is 1. The van der Waals surface area contributed by atoms with Crippen LogP contribution in [-0.4, -0.2) is 24.2 Å². The van der Waals surface area contributed by atoms with Crippen LogP contribution in [0.4, 0.5) is 0 Å². The molecule has 1 N–H and O–H groups in total. The van der Waals surface area contributed by atoms with E-state index in [9.17, 15) is 0 Å². The van der Waals surface area contributed by atoms with Crippen LogP contribution < -0.4 is 5.32 Å². The Morgan fingerprint density at radius 3 is 2.86 bits per heavy atom. The summed E-state index contributed by atoms with van der Waals surface area (Å²) in [5.41, 5.74) is -0.138. The fourth-order valence-corrected chi connectivity index (χ4v) is 1.84. The van der Waals surface area contributed by atoms with Crippen molar-refractivity contribution in [2.75, 3.05) is 13.7 Å². The van der Waals surface area contributed by atoms with E-state index < -0.39 is 0 Å². The Morgan fingerprint density at radius 2 is 2.36 bits per heavy atom. The van der Waals surface area contributed by atoms with Crippen molar-refractivity contribution >= 4 is 22.9 Å². The molecule has 0 amide bonds. The molecule has 1 heterocycles. The maximum Gasteiger partial charge on any atom is 0.113 e. The molecular weight excluding hydrogens is 220 g/mol. The minimum absolute atomic E-state index is 0.138. The van der Waals surface area contributed by atoms with Gasteiger partial charge in [0.25, 0.3) is 0 Å². The van der Waals surface area contributed by atoms with Crippen LogP contribution in [0.15, 0.2) is 6.20 Å². The van der Waals surface area contributed by atoms with Gasteiger partial charge in [-0.3, -0.25) is 0 Å². The smallest absolute Gasteiger partial charge is 0.113 e. The number of aromatic nitrogens is 1. The lowest BCUT2D eigenvalue weighted by atomic mass is 10.1. The minimum Gasteiger partial charge on any atom is -0.377 e. The van der Waals surface area contributed by atoms with Crippen LogP contribution in [0.3, 0.4) is 0 Å². The Labute approximate surface area is 93.4 Å². The second-order valence-corrected chi connectivity index (χ2v) is 5.37. The maximum absolute atomic E-state index is 5.76. The Bertz CT molecular complexity index is 288. The van der Waals surface area contributed by atoms with Crippen molar-refractivity contribution in [3.05, 3.63) is 15.5 Å². The average Bonchev–Trinajstić information content (AvgIpc) is 2.51. The lowest BCUT2D eigenvalue weighted by molar-refractivity contribution is 0.0230. The fourth-order valence-electron chi connectivity index (χ4n) is 0.912. The first kappa shape index (κ1) is 11.9. The summed E-state index contributed by atoms with van der Waals surface area (Å²) in [4.78, 5) is 4.14. The van der Waals surface area contributed by atoms with E-state index in [4.69, 9.17) is 16.3 Å². The second-order valence-electron chi connectivity index (χ2n) is 3.63. The molecule has 5 heteroatoms. The molecule has 0 saturated heterocycles. The van der Waals surface area contributed by atoms with E-state index in [0.717, 1.165) is 22.4 Å². The Kier molecular flexibility index (Phi) is 4.31. The highest BCUT2D eigenvalue weighted by molar-refractivity contribution is 7.15. The zero-order valence-electron chi connectivity index (χ0n) is 8.63. The number of halogens is 1. The summed E-state index contributed by atoms with van der Waals surface area (Å²) in [6.07, 6.45) is 1.67. The normalized spacial score (nSPS) is 12.0. The van der Waals surface area contributed by atoms with Crippen LogP contribution >= 0.6 is 22.9 Å². The van der Waals surface area contributed by atoms with E-state index in [1.165, 1.54) is 11.3 Å². The molecule has 0 spiro atoms. The second kappa shape index (κ2) is 5.07. The number of hydrogen-bond acceptors (Lipinski definition) is 4. The predicted octanol–water partition coefficient (Wildman–Crippen LogP) is 2.31. The van der Waals surface area contributed by atoms with Crippen molar-refractivity contribution in [1.29, 1.82) is 0 Å². The van der Waals surface area contributed by atoms with Crippen molar-refractivity contribution in [2.24, 2.45) is 0 Å². The molecular formula is C9H15ClN2OS. The van der Waals surface area contributed by atoms with Gasteiger partial charge in [0.05, 0.1) is 11.8 Å². The van der Waals surface area contributed by atoms with Gasteiger partial charge in [-0.15, -0.1) is 11.3 Å². The first-order valence-electron chi connectivity index (χ1n) is 4.39. The van der Waals surface area contributed by atoms with Crippen LogP contribution in [0.1, 0.15) is 18.9 Å². The van der Waals surface area contributed by atoms with Crippen molar-refractivity contribution in [1.82, 2.24) is 10.3 Å². The number of nitrogens with zero attached hydrogens (tertiary/aromatic N) is 1. The molecule has 0 aromatic carbocycles. The van der Waals surface area contributed by atoms with Gasteiger partial charge in [0, 0.05) is 20.2 Å². The minimum atomic E-state index is -0.138. The van der Waals surface area contributed by atoms with E-state index in [2.05, 4.69) is 10.3 Å². The van der Waals surface area contributed by atoms with Gasteiger partial charge in [-0.25, -0.2) is 4.98 Å². The lowest BCUT2D eigenvalue weighted by Crippen LogP contribution is -2.36. The molecule has 1 rings (SSSR count). The first-order chi connectivity index (χ1) is 6.53. The molecule has 0 aliphatic heterocycles. The quantitative estimate of drug-likeness (QED) is 0.849. The molecule has 0 atom stereocenters. The van der Waals surface area contributed by atoms with Crippen LogP contribution in [-0.2, 0) is 11.3 Å². The zero-order valence-corrected chi connectivity index (χ0v) is 10.2. The summed E-state index contributed by atoms with van der Waals surface area (Å²) in [6.45, 7) is 5.61. The highest BCUT2D eigenvalue weighted by Crippen LogP contribution is 2.17. The highest BCUT2D eigenvalue weighted by atomic mass is 35.5. The van der Waals surface area contributed by atoms with E-state index >= 15 is 0 Å². The Morgan fingerprint density at radius 1 is 1.64 bits per heavy atom. The standard InChI is InChI=1S/C9H15ClN2OS/c1-9(2,13-3)6-11-5-8-12-4-7(10)14-8/h4,11H,5-6H2,1-3H3. The summed E-state index contributed by atoms with van der Waals surface area (Å²) in [5, 5.41) is 4.27. The fraction of sp³-hybridized carbons (Fsp3) is 0.667.